The molecule has 0 radical (unpaired) electrons. The summed E-state index contributed by atoms with van der Waals surface area (Å²) >= 11 is 6.38. The molecule has 0 unspecified atom stereocenters. The highest BCUT2D eigenvalue weighted by Gasteiger charge is 2.22. The third-order valence-electron chi connectivity index (χ3n) is 5.31. The van der Waals surface area contributed by atoms with Crippen LogP contribution in [-0.4, -0.2) is 21.3 Å². The van der Waals surface area contributed by atoms with Crippen molar-refractivity contribution in [1.82, 2.24) is 14.2 Å². The number of hydrogen-bond acceptors (Lipinski definition) is 3. The highest BCUT2D eigenvalue weighted by molar-refractivity contribution is 6.33. The van der Waals surface area contributed by atoms with Gasteiger partial charge >= 0.3 is 0 Å². The largest absolute Gasteiger partial charge is 0.494 e. The fourth-order valence-corrected chi connectivity index (χ4v) is 4.00. The Bertz CT molecular complexity index is 1080. The van der Waals surface area contributed by atoms with Crippen molar-refractivity contribution in [2.45, 2.75) is 53.0 Å². The van der Waals surface area contributed by atoms with E-state index in [4.69, 9.17) is 21.4 Å². The van der Waals surface area contributed by atoms with E-state index in [9.17, 15) is 9.18 Å². The highest BCUT2D eigenvalue weighted by Crippen LogP contribution is 2.33. The van der Waals surface area contributed by atoms with Crippen molar-refractivity contribution in [3.05, 3.63) is 50.7 Å². The summed E-state index contributed by atoms with van der Waals surface area (Å²) in [5, 5.41) is 4.97. The third-order valence-corrected chi connectivity index (χ3v) is 5.62. The third kappa shape index (κ3) is 3.20. The molecule has 0 N–H and O–H groups in total. The van der Waals surface area contributed by atoms with Gasteiger partial charge in [0, 0.05) is 23.9 Å². The van der Waals surface area contributed by atoms with Gasteiger partial charge in [0.2, 0.25) is 0 Å². The zero-order valence-corrected chi connectivity index (χ0v) is 17.6. The van der Waals surface area contributed by atoms with Gasteiger partial charge < -0.3 is 4.74 Å². The molecule has 5 nitrogen and oxygen atoms in total. The van der Waals surface area contributed by atoms with Crippen LogP contribution in [0.3, 0.4) is 0 Å². The van der Waals surface area contributed by atoms with E-state index in [0.29, 0.717) is 23.4 Å². The van der Waals surface area contributed by atoms with Gasteiger partial charge in [-0.25, -0.2) is 8.91 Å². The second-order valence-electron chi connectivity index (χ2n) is 6.85. The molecule has 0 atom stereocenters. The Labute approximate surface area is 168 Å². The summed E-state index contributed by atoms with van der Waals surface area (Å²) in [6.45, 7) is 8.42. The molecule has 0 aliphatic rings. The minimum Gasteiger partial charge on any atom is -0.494 e. The van der Waals surface area contributed by atoms with Crippen molar-refractivity contribution in [1.29, 1.82) is 0 Å². The topological polar surface area (TPSA) is 48.5 Å². The maximum Gasteiger partial charge on any atom is 0.278 e. The zero-order valence-electron chi connectivity index (χ0n) is 16.8. The van der Waals surface area contributed by atoms with Gasteiger partial charge in [0.25, 0.3) is 5.56 Å². The van der Waals surface area contributed by atoms with Gasteiger partial charge in [0.15, 0.2) is 17.4 Å². The summed E-state index contributed by atoms with van der Waals surface area (Å²) in [5.41, 5.74) is 2.68. The number of halogens is 2. The Morgan fingerprint density at radius 1 is 1.21 bits per heavy atom. The molecular formula is C21H25ClFN3O2. The predicted molar refractivity (Wildman–Crippen MR) is 110 cm³/mol. The zero-order chi connectivity index (χ0) is 20.6. The first-order valence-corrected chi connectivity index (χ1v) is 9.92. The van der Waals surface area contributed by atoms with Gasteiger partial charge in [-0.1, -0.05) is 25.4 Å². The van der Waals surface area contributed by atoms with Gasteiger partial charge in [-0.2, -0.15) is 0 Å². The molecule has 1 aromatic carbocycles. The van der Waals surface area contributed by atoms with E-state index in [2.05, 4.69) is 13.8 Å². The molecule has 150 valence electrons. The highest BCUT2D eigenvalue weighted by atomic mass is 35.5. The van der Waals surface area contributed by atoms with Crippen molar-refractivity contribution in [3.8, 4) is 17.1 Å². The summed E-state index contributed by atoms with van der Waals surface area (Å²) in [5.74, 6) is 0.118. The molecule has 0 saturated heterocycles. The number of rotatable bonds is 6. The van der Waals surface area contributed by atoms with Crippen LogP contribution >= 0.6 is 11.6 Å². The average molecular weight is 406 g/mol. The first-order valence-electron chi connectivity index (χ1n) is 9.54. The quantitative estimate of drug-likeness (QED) is 0.566. The van der Waals surface area contributed by atoms with Crippen LogP contribution in [0.5, 0.6) is 5.75 Å². The monoisotopic (exact) mass is 405 g/mol. The maximum absolute atomic E-state index is 14.3. The summed E-state index contributed by atoms with van der Waals surface area (Å²) in [7, 11) is 1.38. The van der Waals surface area contributed by atoms with Crippen molar-refractivity contribution in [3.63, 3.8) is 0 Å². The summed E-state index contributed by atoms with van der Waals surface area (Å²) in [6.07, 6.45) is 1.89. The van der Waals surface area contributed by atoms with Crippen LogP contribution < -0.4 is 10.3 Å². The number of methoxy groups -OCH3 is 1. The number of hydrogen-bond donors (Lipinski definition) is 0. The number of ether oxygens (including phenoxy) is 1. The fourth-order valence-electron chi connectivity index (χ4n) is 3.76. The molecule has 0 saturated carbocycles. The van der Waals surface area contributed by atoms with E-state index in [1.54, 1.807) is 9.08 Å². The standard InChI is InChI=1S/C21H25ClFN3O2/c1-6-13(7-2)14-9-12(4)26-19(14)21(27)25(8-3)20(24-26)15-10-17(23)18(28-5)11-16(15)22/h9-11,13H,6-8H2,1-5H3. The van der Waals surface area contributed by atoms with Crippen LogP contribution in [0, 0.1) is 12.7 Å². The molecule has 0 bridgehead atoms. The number of aryl methyl sites for hydroxylation is 1. The molecule has 3 aromatic rings. The Kier molecular flexibility index (Phi) is 5.79. The van der Waals surface area contributed by atoms with Crippen LogP contribution in [0.15, 0.2) is 23.0 Å². The van der Waals surface area contributed by atoms with Crippen LogP contribution in [0.2, 0.25) is 5.02 Å². The lowest BCUT2D eigenvalue weighted by atomic mass is 9.95. The summed E-state index contributed by atoms with van der Waals surface area (Å²) < 4.78 is 22.5. The van der Waals surface area contributed by atoms with E-state index in [1.807, 2.05) is 19.9 Å². The SMILES string of the molecule is CCC(CC)c1cc(C)n2nc(-c3cc(F)c(OC)cc3Cl)n(CC)c(=O)c12. The molecule has 2 aromatic heterocycles. The van der Waals surface area contributed by atoms with Gasteiger partial charge in [-0.3, -0.25) is 9.36 Å². The van der Waals surface area contributed by atoms with E-state index < -0.39 is 5.82 Å². The molecule has 28 heavy (non-hydrogen) atoms. The van der Waals surface area contributed by atoms with Crippen LogP contribution in [0.4, 0.5) is 4.39 Å². The summed E-state index contributed by atoms with van der Waals surface area (Å²) in [4.78, 5) is 13.4. The van der Waals surface area contributed by atoms with Crippen molar-refractivity contribution in [2.75, 3.05) is 7.11 Å². The molecule has 3 rings (SSSR count). The van der Waals surface area contributed by atoms with E-state index >= 15 is 0 Å². The van der Waals surface area contributed by atoms with Gasteiger partial charge in [-0.05, 0) is 50.3 Å². The van der Waals surface area contributed by atoms with Crippen LogP contribution in [0.1, 0.15) is 50.8 Å². The van der Waals surface area contributed by atoms with Crippen molar-refractivity contribution in [2.24, 2.45) is 0 Å². The molecule has 0 aliphatic heterocycles. The molecular weight excluding hydrogens is 381 g/mol. The second-order valence-corrected chi connectivity index (χ2v) is 7.26. The van der Waals surface area contributed by atoms with Gasteiger partial charge in [0.1, 0.15) is 5.52 Å². The average Bonchev–Trinajstić information content (AvgIpc) is 3.01. The van der Waals surface area contributed by atoms with E-state index in [1.165, 1.54) is 19.2 Å². The smallest absolute Gasteiger partial charge is 0.278 e. The Hall–Kier alpha value is -2.34. The predicted octanol–water partition coefficient (Wildman–Crippen LogP) is 5.20. The minimum absolute atomic E-state index is 0.0494. The molecule has 0 spiro atoms. The van der Waals surface area contributed by atoms with Gasteiger partial charge in [-0.15, -0.1) is 5.10 Å². The molecule has 0 aliphatic carbocycles. The number of fused-ring (bicyclic) bond motifs is 1. The van der Waals surface area contributed by atoms with Crippen LogP contribution in [-0.2, 0) is 6.54 Å². The molecule has 2 heterocycles. The number of aromatic nitrogens is 3. The lowest BCUT2D eigenvalue weighted by Gasteiger charge is -2.15. The fraction of sp³-hybridized carbons (Fsp3) is 0.429. The van der Waals surface area contributed by atoms with E-state index in [-0.39, 0.29) is 22.2 Å². The lowest BCUT2D eigenvalue weighted by molar-refractivity contribution is 0.386. The first kappa shape index (κ1) is 20.4. The van der Waals surface area contributed by atoms with Crippen LogP contribution in [0.25, 0.3) is 16.9 Å². The van der Waals surface area contributed by atoms with Gasteiger partial charge in [0.05, 0.1) is 12.1 Å². The summed E-state index contributed by atoms with van der Waals surface area (Å²) in [6, 6.07) is 4.70. The molecule has 0 fully saturated rings. The second kappa shape index (κ2) is 7.95. The number of benzene rings is 1. The maximum atomic E-state index is 14.3. The van der Waals surface area contributed by atoms with Crippen molar-refractivity contribution < 1.29 is 9.13 Å². The lowest BCUT2D eigenvalue weighted by Crippen LogP contribution is -2.26. The first-order chi connectivity index (χ1) is 13.4. The van der Waals surface area contributed by atoms with Crippen molar-refractivity contribution >= 4 is 17.1 Å². The Morgan fingerprint density at radius 2 is 1.89 bits per heavy atom. The number of nitrogens with zero attached hydrogens (tertiary/aromatic N) is 3. The Balaban J connectivity index is 2.37. The normalized spacial score (nSPS) is 11.6. The van der Waals surface area contributed by atoms with E-state index in [0.717, 1.165) is 24.1 Å². The minimum atomic E-state index is -0.555. The Morgan fingerprint density at radius 3 is 2.46 bits per heavy atom. The molecule has 7 heteroatoms. The molecule has 0 amide bonds.